The molecule has 0 unspecified atom stereocenters. The molecule has 4 aliphatic rings. The van der Waals surface area contributed by atoms with Crippen LogP contribution in [0.15, 0.2) is 97.3 Å². The lowest BCUT2D eigenvalue weighted by Gasteiger charge is -2.57. The molecule has 0 saturated heterocycles. The van der Waals surface area contributed by atoms with Gasteiger partial charge in [-0.3, -0.25) is 4.98 Å². The second kappa shape index (κ2) is 10.3. The van der Waals surface area contributed by atoms with Crippen molar-refractivity contribution >= 4 is 43.6 Å². The first-order valence-electron chi connectivity index (χ1n) is 19.0. The lowest BCUT2D eigenvalue weighted by Crippen LogP contribution is -2.48. The number of benzene rings is 4. The van der Waals surface area contributed by atoms with Gasteiger partial charge in [-0.15, -0.1) is 0 Å². The summed E-state index contributed by atoms with van der Waals surface area (Å²) in [5, 5.41) is 5.32. The molecule has 11 rings (SSSR count). The van der Waals surface area contributed by atoms with Crippen LogP contribution in [0.25, 0.3) is 55.0 Å². The van der Waals surface area contributed by atoms with Gasteiger partial charge >= 0.3 is 0 Å². The number of nitrogens with zero attached hydrogens (tertiary/aromatic N) is 3. The van der Waals surface area contributed by atoms with Gasteiger partial charge in [-0.05, 0) is 138 Å². The van der Waals surface area contributed by atoms with Crippen molar-refractivity contribution < 1.29 is 0 Å². The zero-order valence-electron chi connectivity index (χ0n) is 30.6. The van der Waals surface area contributed by atoms with E-state index in [0.717, 1.165) is 29.1 Å². The van der Waals surface area contributed by atoms with E-state index in [1.54, 1.807) is 5.56 Å². The summed E-state index contributed by atoms with van der Waals surface area (Å²) >= 11 is 0. The minimum Gasteiger partial charge on any atom is -0.308 e. The summed E-state index contributed by atoms with van der Waals surface area (Å²) in [4.78, 5) is 4.94. The Labute approximate surface area is 296 Å². The van der Waals surface area contributed by atoms with E-state index in [2.05, 4.69) is 136 Å². The Balaban J connectivity index is 1.16. The molecular formula is C47H49N3. The average molecular weight is 656 g/mol. The Morgan fingerprint density at radius 3 is 1.50 bits per heavy atom. The molecule has 0 amide bonds. The van der Waals surface area contributed by atoms with Crippen LogP contribution in [0.5, 0.6) is 0 Å². The minimum absolute atomic E-state index is 0.0673. The zero-order chi connectivity index (χ0) is 34.2. The smallest absolute Gasteiger partial charge is 0.0666 e. The highest BCUT2D eigenvalue weighted by molar-refractivity contribution is 6.11. The van der Waals surface area contributed by atoms with Crippen LogP contribution in [-0.4, -0.2) is 14.1 Å². The first-order valence-corrected chi connectivity index (χ1v) is 19.0. The van der Waals surface area contributed by atoms with E-state index in [1.165, 1.54) is 93.3 Å². The Hall–Kier alpha value is -4.37. The van der Waals surface area contributed by atoms with Gasteiger partial charge in [0.05, 0.1) is 45.8 Å². The van der Waals surface area contributed by atoms with Gasteiger partial charge in [0.1, 0.15) is 0 Å². The quantitative estimate of drug-likeness (QED) is 0.186. The molecule has 0 atom stereocenters. The average Bonchev–Trinajstić information content (AvgIpc) is 3.59. The molecular weight excluding hydrogens is 607 g/mol. The molecule has 3 aromatic heterocycles. The predicted molar refractivity (Wildman–Crippen MR) is 210 cm³/mol. The van der Waals surface area contributed by atoms with Crippen molar-refractivity contribution in [1.82, 2.24) is 14.1 Å². The summed E-state index contributed by atoms with van der Waals surface area (Å²) < 4.78 is 4.88. The highest BCUT2D eigenvalue weighted by atomic mass is 15.0. The second-order valence-electron chi connectivity index (χ2n) is 18.5. The molecule has 0 spiro atoms. The maximum absolute atomic E-state index is 4.94. The fourth-order valence-electron chi connectivity index (χ4n) is 10.9. The molecule has 4 bridgehead atoms. The molecule has 3 nitrogen and oxygen atoms in total. The van der Waals surface area contributed by atoms with E-state index in [9.17, 15) is 0 Å². The van der Waals surface area contributed by atoms with Crippen molar-refractivity contribution in [2.75, 3.05) is 0 Å². The van der Waals surface area contributed by atoms with Crippen molar-refractivity contribution in [3.63, 3.8) is 0 Å². The van der Waals surface area contributed by atoms with E-state index in [0.29, 0.717) is 5.41 Å². The van der Waals surface area contributed by atoms with Gasteiger partial charge in [-0.1, -0.05) is 77.9 Å². The fraction of sp³-hybridized carbons (Fsp3) is 0.383. The number of rotatable bonds is 3. The fourth-order valence-corrected chi connectivity index (χ4v) is 10.9. The predicted octanol–water partition coefficient (Wildman–Crippen LogP) is 12.3. The van der Waals surface area contributed by atoms with E-state index in [-0.39, 0.29) is 10.8 Å². The van der Waals surface area contributed by atoms with Crippen molar-refractivity contribution in [1.29, 1.82) is 0 Å². The molecule has 4 fully saturated rings. The number of hydrogen-bond acceptors (Lipinski definition) is 1. The molecule has 4 aromatic carbocycles. The van der Waals surface area contributed by atoms with E-state index < -0.39 is 0 Å². The minimum atomic E-state index is 0.0673. The van der Waals surface area contributed by atoms with E-state index in [1.807, 2.05) is 12.4 Å². The van der Waals surface area contributed by atoms with Crippen molar-refractivity contribution in [3.8, 4) is 11.4 Å². The Morgan fingerprint density at radius 1 is 0.520 bits per heavy atom. The molecule has 4 saturated carbocycles. The number of hydrogen-bond donors (Lipinski definition) is 0. The van der Waals surface area contributed by atoms with Gasteiger partial charge in [-0.25, -0.2) is 0 Å². The largest absolute Gasteiger partial charge is 0.308 e. The van der Waals surface area contributed by atoms with Crippen LogP contribution in [0.3, 0.4) is 0 Å². The normalized spacial score (nSPS) is 23.6. The maximum atomic E-state index is 4.94. The molecule has 4 aliphatic carbocycles. The third-order valence-electron chi connectivity index (χ3n) is 13.0. The topological polar surface area (TPSA) is 22.8 Å². The van der Waals surface area contributed by atoms with E-state index >= 15 is 0 Å². The monoisotopic (exact) mass is 655 g/mol. The Kier molecular flexibility index (Phi) is 6.30. The van der Waals surface area contributed by atoms with Crippen LogP contribution < -0.4 is 0 Å². The standard InChI is InChI=1S/C47H49N3/c1-45(2,3)32-11-14-43-39(20-32)40-21-33(46(4,5)6)12-15-44(40)50(43)36-23-35(27-48-28-36)49-41-10-8-7-9-37(41)38-22-34(13-16-42(38)49)47-24-29-17-30(25-47)19-31(18-29)26-47/h7-16,20-23,27-31H,17-19,24-26H2,1-6H3. The number of para-hydroxylation sites is 1. The van der Waals surface area contributed by atoms with Crippen LogP contribution in [-0.2, 0) is 16.2 Å². The molecule has 3 heterocycles. The molecule has 0 radical (unpaired) electrons. The molecule has 3 heteroatoms. The molecule has 50 heavy (non-hydrogen) atoms. The third kappa shape index (κ3) is 4.51. The van der Waals surface area contributed by atoms with Crippen molar-refractivity contribution in [2.24, 2.45) is 17.8 Å². The molecule has 0 aliphatic heterocycles. The SMILES string of the molecule is CC(C)(C)c1ccc2c(c1)c1cc(C(C)(C)C)ccc1n2-c1cncc(-n2c3ccccc3c3cc(C45CC6CC(CC(C6)C4)C5)ccc32)c1. The summed E-state index contributed by atoms with van der Waals surface area (Å²) in [7, 11) is 0. The number of aromatic nitrogens is 3. The lowest BCUT2D eigenvalue weighted by molar-refractivity contribution is -0.00512. The van der Waals surface area contributed by atoms with Crippen LogP contribution >= 0.6 is 0 Å². The van der Waals surface area contributed by atoms with Gasteiger partial charge < -0.3 is 9.13 Å². The van der Waals surface area contributed by atoms with E-state index in [4.69, 9.17) is 4.98 Å². The Bertz CT molecular complexity index is 2380. The molecule has 7 aromatic rings. The summed E-state index contributed by atoms with van der Waals surface area (Å²) in [6.45, 7) is 13.8. The van der Waals surface area contributed by atoms with Crippen molar-refractivity contribution in [3.05, 3.63) is 114 Å². The number of fused-ring (bicyclic) bond motifs is 6. The summed E-state index contributed by atoms with van der Waals surface area (Å²) in [5.74, 6) is 2.81. The highest BCUT2D eigenvalue weighted by Crippen LogP contribution is 2.61. The lowest BCUT2D eigenvalue weighted by atomic mass is 9.48. The maximum Gasteiger partial charge on any atom is 0.0666 e. The highest BCUT2D eigenvalue weighted by Gasteiger charge is 2.51. The zero-order valence-corrected chi connectivity index (χ0v) is 30.6. The third-order valence-corrected chi connectivity index (χ3v) is 13.0. The summed E-state index contributed by atoms with van der Waals surface area (Å²) in [5.41, 5.74) is 12.0. The van der Waals surface area contributed by atoms with Gasteiger partial charge in [0, 0.05) is 21.5 Å². The van der Waals surface area contributed by atoms with Gasteiger partial charge in [0.2, 0.25) is 0 Å². The van der Waals surface area contributed by atoms with Crippen LogP contribution in [0.2, 0.25) is 0 Å². The molecule has 0 N–H and O–H groups in total. The van der Waals surface area contributed by atoms with Crippen LogP contribution in [0.4, 0.5) is 0 Å². The summed E-state index contributed by atoms with van der Waals surface area (Å²) in [6.07, 6.45) is 12.7. The Morgan fingerprint density at radius 2 is 0.980 bits per heavy atom. The van der Waals surface area contributed by atoms with Gasteiger partial charge in [0.25, 0.3) is 0 Å². The summed E-state index contributed by atoms with van der Waals surface area (Å²) in [6, 6.07) is 33.0. The first-order chi connectivity index (χ1) is 23.9. The second-order valence-corrected chi connectivity index (χ2v) is 18.5. The van der Waals surface area contributed by atoms with Crippen LogP contribution in [0, 0.1) is 17.8 Å². The first kappa shape index (κ1) is 30.5. The van der Waals surface area contributed by atoms with Gasteiger partial charge in [-0.2, -0.15) is 0 Å². The van der Waals surface area contributed by atoms with Crippen molar-refractivity contribution in [2.45, 2.75) is 96.3 Å². The number of pyridine rings is 1. The van der Waals surface area contributed by atoms with Crippen LogP contribution in [0.1, 0.15) is 96.8 Å². The van der Waals surface area contributed by atoms with Gasteiger partial charge in [0.15, 0.2) is 0 Å². The molecule has 252 valence electrons.